The summed E-state index contributed by atoms with van der Waals surface area (Å²) in [5, 5.41) is 12.2. The summed E-state index contributed by atoms with van der Waals surface area (Å²) in [6, 6.07) is 17.5. The van der Waals surface area contributed by atoms with Gasteiger partial charge in [-0.3, -0.25) is 10.1 Å². The van der Waals surface area contributed by atoms with E-state index in [1.54, 1.807) is 24.7 Å². The van der Waals surface area contributed by atoms with Gasteiger partial charge in [-0.05, 0) is 36.8 Å². The third-order valence-electron chi connectivity index (χ3n) is 5.72. The van der Waals surface area contributed by atoms with Crippen molar-refractivity contribution >= 4 is 45.5 Å². The molecule has 0 saturated carbocycles. The number of fused-ring (bicyclic) bond motifs is 2. The van der Waals surface area contributed by atoms with E-state index in [4.69, 9.17) is 14.2 Å². The number of nitro benzene ring substituents is 1. The largest absolute Gasteiger partial charge is 0.515 e. The monoisotopic (exact) mass is 504 g/mol. The summed E-state index contributed by atoms with van der Waals surface area (Å²) < 4.78 is 26.7. The molecule has 0 aliphatic carbocycles. The van der Waals surface area contributed by atoms with Crippen LogP contribution < -0.4 is 9.47 Å². The van der Waals surface area contributed by atoms with Crippen molar-refractivity contribution in [3.05, 3.63) is 76.3 Å². The van der Waals surface area contributed by atoms with Crippen LogP contribution in [0.5, 0.6) is 11.6 Å². The first-order valence-corrected chi connectivity index (χ1v) is 11.7. The molecule has 10 nitrogen and oxygen atoms in total. The van der Waals surface area contributed by atoms with Gasteiger partial charge in [0.15, 0.2) is 0 Å². The molecule has 5 rings (SSSR count). The molecule has 36 heavy (non-hydrogen) atoms. The average Bonchev–Trinajstić information content (AvgIpc) is 3.46. The van der Waals surface area contributed by atoms with Gasteiger partial charge in [-0.1, -0.05) is 24.3 Å². The van der Waals surface area contributed by atoms with E-state index in [0.717, 1.165) is 22.8 Å². The second-order valence-corrected chi connectivity index (χ2v) is 8.32. The molecule has 2 aromatic heterocycles. The van der Waals surface area contributed by atoms with Crippen molar-refractivity contribution in [3.8, 4) is 22.8 Å². The number of non-ortho nitro benzene ring substituents is 1. The summed E-state index contributed by atoms with van der Waals surface area (Å²) in [4.78, 5) is 23.7. The quantitative estimate of drug-likeness (QED) is 0.155. The zero-order valence-corrected chi connectivity index (χ0v) is 20.2. The van der Waals surface area contributed by atoms with Crippen LogP contribution in [0.2, 0.25) is 0 Å². The van der Waals surface area contributed by atoms with Crippen LogP contribution in [0, 0.1) is 10.1 Å². The Morgan fingerprint density at radius 1 is 1.08 bits per heavy atom. The number of carbonyl (C=O) groups excluding carboxylic acids is 1. The SMILES string of the molecule is CCOC(=O)Oc1c(-c2ccc3nsnc3c2)c2cc([N+](=O)[O-])ccc2n1Cc1ccccc1OC. The minimum atomic E-state index is -0.881. The third-order valence-corrected chi connectivity index (χ3v) is 6.27. The molecule has 0 unspecified atom stereocenters. The second-order valence-electron chi connectivity index (χ2n) is 7.79. The third kappa shape index (κ3) is 4.20. The molecular weight excluding hydrogens is 484 g/mol. The number of nitro groups is 1. The van der Waals surface area contributed by atoms with Gasteiger partial charge in [0, 0.05) is 23.1 Å². The van der Waals surface area contributed by atoms with Crippen molar-refractivity contribution < 1.29 is 23.9 Å². The lowest BCUT2D eigenvalue weighted by molar-refractivity contribution is -0.384. The van der Waals surface area contributed by atoms with Gasteiger partial charge in [-0.2, -0.15) is 8.75 Å². The molecular formula is C25H20N4O6S. The molecule has 0 saturated heterocycles. The zero-order chi connectivity index (χ0) is 25.2. The summed E-state index contributed by atoms with van der Waals surface area (Å²) in [5.41, 5.74) is 3.94. The molecule has 11 heteroatoms. The van der Waals surface area contributed by atoms with E-state index in [1.165, 1.54) is 12.1 Å². The molecule has 2 heterocycles. The van der Waals surface area contributed by atoms with Crippen molar-refractivity contribution in [1.29, 1.82) is 0 Å². The van der Waals surface area contributed by atoms with Crippen molar-refractivity contribution in [2.24, 2.45) is 0 Å². The topological polar surface area (TPSA) is 119 Å². The summed E-state index contributed by atoms with van der Waals surface area (Å²) in [5.74, 6) is 0.845. The van der Waals surface area contributed by atoms with Crippen molar-refractivity contribution in [2.75, 3.05) is 13.7 Å². The molecule has 5 aromatic rings. The first-order valence-electron chi connectivity index (χ1n) is 11.0. The molecule has 0 radical (unpaired) electrons. The van der Waals surface area contributed by atoms with E-state index in [9.17, 15) is 14.9 Å². The van der Waals surface area contributed by atoms with Crippen molar-refractivity contribution in [3.63, 3.8) is 0 Å². The number of hydrogen-bond acceptors (Lipinski definition) is 9. The van der Waals surface area contributed by atoms with E-state index >= 15 is 0 Å². The van der Waals surface area contributed by atoms with Gasteiger partial charge in [0.25, 0.3) is 5.69 Å². The number of nitrogens with zero attached hydrogens (tertiary/aromatic N) is 4. The molecule has 0 aliphatic heterocycles. The molecule has 0 atom stereocenters. The molecule has 0 N–H and O–H groups in total. The highest BCUT2D eigenvalue weighted by atomic mass is 32.1. The fraction of sp³-hybridized carbons (Fsp3) is 0.160. The maximum Gasteiger partial charge on any atom is 0.515 e. The van der Waals surface area contributed by atoms with Gasteiger partial charge in [0.1, 0.15) is 16.8 Å². The predicted molar refractivity (Wildman–Crippen MR) is 135 cm³/mol. The number of para-hydroxylation sites is 1. The summed E-state index contributed by atoms with van der Waals surface area (Å²) in [6.07, 6.45) is -0.881. The van der Waals surface area contributed by atoms with E-state index in [0.29, 0.717) is 33.3 Å². The lowest BCUT2D eigenvalue weighted by Gasteiger charge is -2.14. The first kappa shape index (κ1) is 23.2. The van der Waals surface area contributed by atoms with Crippen LogP contribution in [-0.4, -0.2) is 38.1 Å². The van der Waals surface area contributed by atoms with Crippen LogP contribution in [0.25, 0.3) is 33.1 Å². The Bertz CT molecular complexity index is 1610. The van der Waals surface area contributed by atoms with E-state index in [-0.39, 0.29) is 24.7 Å². The highest BCUT2D eigenvalue weighted by Crippen LogP contribution is 2.43. The number of aromatic nitrogens is 3. The zero-order valence-electron chi connectivity index (χ0n) is 19.3. The molecule has 182 valence electrons. The predicted octanol–water partition coefficient (Wildman–Crippen LogP) is 5.81. The maximum absolute atomic E-state index is 12.5. The Balaban J connectivity index is 1.81. The highest BCUT2D eigenvalue weighted by Gasteiger charge is 2.26. The number of hydrogen-bond donors (Lipinski definition) is 0. The smallest absolute Gasteiger partial charge is 0.496 e. The Kier molecular flexibility index (Phi) is 6.21. The fourth-order valence-corrected chi connectivity index (χ4v) is 4.66. The van der Waals surface area contributed by atoms with Crippen molar-refractivity contribution in [1.82, 2.24) is 13.3 Å². The van der Waals surface area contributed by atoms with E-state index in [2.05, 4.69) is 8.75 Å². The molecule has 0 amide bonds. The summed E-state index contributed by atoms with van der Waals surface area (Å²) in [7, 11) is 1.58. The Morgan fingerprint density at radius 2 is 1.89 bits per heavy atom. The van der Waals surface area contributed by atoms with E-state index < -0.39 is 11.1 Å². The number of benzene rings is 3. The number of methoxy groups -OCH3 is 1. The minimum Gasteiger partial charge on any atom is -0.496 e. The van der Waals surface area contributed by atoms with Crippen LogP contribution in [0.3, 0.4) is 0 Å². The first-order chi connectivity index (χ1) is 17.5. The molecule has 0 fully saturated rings. The Labute approximate surface area is 209 Å². The van der Waals surface area contributed by atoms with Gasteiger partial charge in [0.2, 0.25) is 5.88 Å². The molecule has 0 spiro atoms. The van der Waals surface area contributed by atoms with Crippen LogP contribution in [0.1, 0.15) is 12.5 Å². The van der Waals surface area contributed by atoms with Gasteiger partial charge >= 0.3 is 6.16 Å². The van der Waals surface area contributed by atoms with Gasteiger partial charge in [-0.25, -0.2) is 4.79 Å². The van der Waals surface area contributed by atoms with Gasteiger partial charge < -0.3 is 18.8 Å². The Hall–Kier alpha value is -4.51. The van der Waals surface area contributed by atoms with Gasteiger partial charge in [-0.15, -0.1) is 0 Å². The fourth-order valence-electron chi connectivity index (χ4n) is 4.14. The van der Waals surface area contributed by atoms with E-state index in [1.807, 2.05) is 42.5 Å². The lowest BCUT2D eigenvalue weighted by atomic mass is 10.0. The average molecular weight is 505 g/mol. The minimum absolute atomic E-state index is 0.0859. The normalized spacial score (nSPS) is 11.1. The highest BCUT2D eigenvalue weighted by molar-refractivity contribution is 7.00. The number of rotatable bonds is 7. The summed E-state index contributed by atoms with van der Waals surface area (Å²) >= 11 is 1.09. The van der Waals surface area contributed by atoms with Crippen LogP contribution >= 0.6 is 11.7 Å². The van der Waals surface area contributed by atoms with Crippen LogP contribution in [0.15, 0.2) is 60.7 Å². The Morgan fingerprint density at radius 3 is 2.67 bits per heavy atom. The standard InChI is InChI=1S/C25H20N4O6S/c1-3-34-25(30)35-24-23(15-8-10-19-20(12-15)27-36-26-19)18-13-17(29(31)32)9-11-21(18)28(24)14-16-6-4-5-7-22(16)33-2/h4-13H,3,14H2,1-2H3. The number of carbonyl (C=O) groups is 1. The van der Waals surface area contributed by atoms with Crippen LogP contribution in [0.4, 0.5) is 10.5 Å². The van der Waals surface area contributed by atoms with Gasteiger partial charge in [0.05, 0.1) is 48.0 Å². The second kappa shape index (κ2) is 9.62. The van der Waals surface area contributed by atoms with Crippen molar-refractivity contribution in [2.45, 2.75) is 13.5 Å². The molecule has 0 aliphatic rings. The lowest BCUT2D eigenvalue weighted by Crippen LogP contribution is -2.14. The molecule has 0 bridgehead atoms. The summed E-state index contributed by atoms with van der Waals surface area (Å²) in [6.45, 7) is 2.08. The van der Waals surface area contributed by atoms with Crippen LogP contribution in [-0.2, 0) is 11.3 Å². The molecule has 3 aromatic carbocycles. The maximum atomic E-state index is 12.5. The number of ether oxygens (including phenoxy) is 3.